The Labute approximate surface area is 121 Å². The number of nitrogens with one attached hydrogen (secondary N) is 1. The second-order valence-corrected chi connectivity index (χ2v) is 4.64. The van der Waals surface area contributed by atoms with E-state index in [9.17, 15) is 4.79 Å². The Balaban J connectivity index is 2.08. The number of carbonyl (C=O) groups excluding carboxylic acids is 1. The van der Waals surface area contributed by atoms with Gasteiger partial charge in [-0.15, -0.1) is 0 Å². The second kappa shape index (κ2) is 6.41. The molecule has 0 saturated carbocycles. The lowest BCUT2D eigenvalue weighted by molar-refractivity contribution is -0.111. The topological polar surface area (TPSA) is 29.1 Å². The molecule has 4 heteroatoms. The van der Waals surface area contributed by atoms with E-state index in [1.165, 1.54) is 6.08 Å². The normalized spacial score (nSPS) is 10.6. The molecule has 0 aromatic heterocycles. The van der Waals surface area contributed by atoms with Crippen molar-refractivity contribution in [1.29, 1.82) is 0 Å². The highest BCUT2D eigenvalue weighted by Crippen LogP contribution is 2.29. The maximum absolute atomic E-state index is 11.8. The van der Waals surface area contributed by atoms with Gasteiger partial charge in [0, 0.05) is 6.08 Å². The molecule has 0 bridgehead atoms. The van der Waals surface area contributed by atoms with E-state index in [1.54, 1.807) is 24.3 Å². The minimum Gasteiger partial charge on any atom is -0.320 e. The average molecular weight is 292 g/mol. The van der Waals surface area contributed by atoms with Crippen molar-refractivity contribution in [2.45, 2.75) is 0 Å². The van der Waals surface area contributed by atoms with Gasteiger partial charge in [0.1, 0.15) is 0 Å². The maximum Gasteiger partial charge on any atom is 0.248 e. The molecule has 96 valence electrons. The summed E-state index contributed by atoms with van der Waals surface area (Å²) in [4.78, 5) is 11.8. The van der Waals surface area contributed by atoms with Crippen LogP contribution < -0.4 is 5.32 Å². The number of halogens is 2. The molecule has 0 spiro atoms. The van der Waals surface area contributed by atoms with Gasteiger partial charge in [-0.1, -0.05) is 59.6 Å². The summed E-state index contributed by atoms with van der Waals surface area (Å²) < 4.78 is 0. The van der Waals surface area contributed by atoms with Gasteiger partial charge >= 0.3 is 0 Å². The highest BCUT2D eigenvalue weighted by atomic mass is 35.5. The lowest BCUT2D eigenvalue weighted by Gasteiger charge is -2.06. The molecule has 0 radical (unpaired) electrons. The number of para-hydroxylation sites is 1. The number of rotatable bonds is 3. The second-order valence-electron chi connectivity index (χ2n) is 3.83. The Morgan fingerprint density at radius 3 is 2.21 bits per heavy atom. The van der Waals surface area contributed by atoms with E-state index in [1.807, 2.05) is 30.3 Å². The van der Waals surface area contributed by atoms with Crippen molar-refractivity contribution in [3.8, 4) is 0 Å². The van der Waals surface area contributed by atoms with E-state index >= 15 is 0 Å². The molecule has 0 aliphatic carbocycles. The van der Waals surface area contributed by atoms with Crippen LogP contribution in [0.15, 0.2) is 54.6 Å². The first-order valence-electron chi connectivity index (χ1n) is 5.65. The molecular weight excluding hydrogens is 281 g/mol. The van der Waals surface area contributed by atoms with E-state index in [0.717, 1.165) is 5.56 Å². The third-order valence-corrected chi connectivity index (χ3v) is 3.07. The molecule has 19 heavy (non-hydrogen) atoms. The Morgan fingerprint density at radius 1 is 0.947 bits per heavy atom. The smallest absolute Gasteiger partial charge is 0.248 e. The fourth-order valence-electron chi connectivity index (χ4n) is 1.52. The van der Waals surface area contributed by atoms with Crippen LogP contribution >= 0.6 is 23.2 Å². The summed E-state index contributed by atoms with van der Waals surface area (Å²) in [6, 6.07) is 14.6. The van der Waals surface area contributed by atoms with Crippen LogP contribution in [-0.2, 0) is 4.79 Å². The molecular formula is C15H11Cl2NO. The standard InChI is InChI=1S/C15H11Cl2NO/c16-12-7-4-8-13(17)15(12)18-14(19)10-9-11-5-2-1-3-6-11/h1-10H,(H,18,19)/b10-9+. The van der Waals surface area contributed by atoms with Gasteiger partial charge in [-0.25, -0.2) is 0 Å². The van der Waals surface area contributed by atoms with Gasteiger partial charge < -0.3 is 5.32 Å². The van der Waals surface area contributed by atoms with Gasteiger partial charge in [-0.2, -0.15) is 0 Å². The first-order valence-corrected chi connectivity index (χ1v) is 6.40. The third kappa shape index (κ3) is 3.85. The van der Waals surface area contributed by atoms with E-state index in [2.05, 4.69) is 5.32 Å². The van der Waals surface area contributed by atoms with Gasteiger partial charge in [-0.05, 0) is 23.8 Å². The summed E-state index contributed by atoms with van der Waals surface area (Å²) in [5.74, 6) is -0.279. The summed E-state index contributed by atoms with van der Waals surface area (Å²) in [5.41, 5.74) is 1.37. The number of benzene rings is 2. The summed E-state index contributed by atoms with van der Waals surface area (Å²) in [6.45, 7) is 0. The van der Waals surface area contributed by atoms with Crippen molar-refractivity contribution in [1.82, 2.24) is 0 Å². The third-order valence-electron chi connectivity index (χ3n) is 2.44. The van der Waals surface area contributed by atoms with Crippen molar-refractivity contribution in [2.75, 3.05) is 5.32 Å². The molecule has 0 aliphatic heterocycles. The molecule has 2 aromatic carbocycles. The van der Waals surface area contributed by atoms with Crippen molar-refractivity contribution in [2.24, 2.45) is 0 Å². The zero-order valence-electron chi connectivity index (χ0n) is 9.94. The Bertz CT molecular complexity index is 589. The Kier molecular flexibility index (Phi) is 4.61. The zero-order valence-corrected chi connectivity index (χ0v) is 11.4. The van der Waals surface area contributed by atoms with Gasteiger partial charge in [0.2, 0.25) is 5.91 Å². The predicted molar refractivity (Wildman–Crippen MR) is 80.6 cm³/mol. The van der Waals surface area contributed by atoms with Crippen LogP contribution in [0.5, 0.6) is 0 Å². The Hall–Kier alpha value is -1.77. The van der Waals surface area contributed by atoms with E-state index in [4.69, 9.17) is 23.2 Å². The molecule has 0 fully saturated rings. The van der Waals surface area contributed by atoms with Gasteiger partial charge in [0.15, 0.2) is 0 Å². The monoisotopic (exact) mass is 291 g/mol. The minimum atomic E-state index is -0.279. The fourth-order valence-corrected chi connectivity index (χ4v) is 2.01. The summed E-state index contributed by atoms with van der Waals surface area (Å²) in [5, 5.41) is 3.48. The molecule has 2 rings (SSSR count). The number of carbonyl (C=O) groups is 1. The molecule has 2 aromatic rings. The molecule has 1 amide bonds. The molecule has 2 nitrogen and oxygen atoms in total. The maximum atomic E-state index is 11.8. The lowest BCUT2D eigenvalue weighted by Crippen LogP contribution is -2.08. The molecule has 0 aliphatic rings. The lowest BCUT2D eigenvalue weighted by atomic mass is 10.2. The van der Waals surface area contributed by atoms with Crippen molar-refractivity contribution in [3.05, 3.63) is 70.2 Å². The SMILES string of the molecule is O=C(/C=C/c1ccccc1)Nc1c(Cl)cccc1Cl. The van der Waals surface area contributed by atoms with Crippen molar-refractivity contribution >= 4 is 40.9 Å². The largest absolute Gasteiger partial charge is 0.320 e. The quantitative estimate of drug-likeness (QED) is 0.820. The summed E-state index contributed by atoms with van der Waals surface area (Å²) in [6.07, 6.45) is 3.16. The van der Waals surface area contributed by atoms with E-state index in [-0.39, 0.29) is 5.91 Å². The van der Waals surface area contributed by atoms with Crippen LogP contribution in [0.25, 0.3) is 6.08 Å². The molecule has 0 saturated heterocycles. The predicted octanol–water partition coefficient (Wildman–Crippen LogP) is 4.65. The van der Waals surface area contributed by atoms with Crippen molar-refractivity contribution < 1.29 is 4.79 Å². The van der Waals surface area contributed by atoms with Crippen LogP contribution in [0.3, 0.4) is 0 Å². The first kappa shape index (κ1) is 13.7. The number of hydrogen-bond donors (Lipinski definition) is 1. The molecule has 0 unspecified atom stereocenters. The number of amides is 1. The van der Waals surface area contributed by atoms with Gasteiger partial charge in [0.05, 0.1) is 15.7 Å². The zero-order chi connectivity index (χ0) is 13.7. The summed E-state index contributed by atoms with van der Waals surface area (Å²) in [7, 11) is 0. The highest BCUT2D eigenvalue weighted by molar-refractivity contribution is 6.39. The number of anilines is 1. The van der Waals surface area contributed by atoms with Crippen LogP contribution in [-0.4, -0.2) is 5.91 Å². The molecule has 1 N–H and O–H groups in total. The van der Waals surface area contributed by atoms with Gasteiger partial charge in [-0.3, -0.25) is 4.79 Å². The van der Waals surface area contributed by atoms with E-state index in [0.29, 0.717) is 15.7 Å². The van der Waals surface area contributed by atoms with Gasteiger partial charge in [0.25, 0.3) is 0 Å². The number of hydrogen-bond acceptors (Lipinski definition) is 1. The van der Waals surface area contributed by atoms with E-state index < -0.39 is 0 Å². The highest BCUT2D eigenvalue weighted by Gasteiger charge is 2.07. The fraction of sp³-hybridized carbons (Fsp3) is 0. The first-order chi connectivity index (χ1) is 9.16. The average Bonchev–Trinajstić information content (AvgIpc) is 2.42. The summed E-state index contributed by atoms with van der Waals surface area (Å²) >= 11 is 11.9. The van der Waals surface area contributed by atoms with Crippen LogP contribution in [0.2, 0.25) is 10.0 Å². The van der Waals surface area contributed by atoms with Crippen LogP contribution in [0.4, 0.5) is 5.69 Å². The van der Waals surface area contributed by atoms with Crippen LogP contribution in [0.1, 0.15) is 5.56 Å². The molecule has 0 heterocycles. The minimum absolute atomic E-state index is 0.279. The molecule has 0 atom stereocenters. The van der Waals surface area contributed by atoms with Crippen molar-refractivity contribution in [3.63, 3.8) is 0 Å². The Morgan fingerprint density at radius 2 is 1.58 bits per heavy atom. The van der Waals surface area contributed by atoms with Crippen LogP contribution in [0, 0.1) is 0 Å².